The zero-order valence-electron chi connectivity index (χ0n) is 11.7. The summed E-state index contributed by atoms with van der Waals surface area (Å²) in [5.41, 5.74) is 3.68. The number of hydrogen-bond acceptors (Lipinski definition) is 3. The lowest BCUT2D eigenvalue weighted by atomic mass is 9.99. The molecule has 3 aromatic carbocycles. The maximum Gasteiger partial charge on any atom is 0.569 e. The maximum atomic E-state index is 8.90. The molecule has 0 aliphatic rings. The van der Waals surface area contributed by atoms with Crippen LogP contribution in [0.1, 0.15) is 0 Å². The molecule has 1 radical (unpaired) electrons. The third-order valence-electron chi connectivity index (χ3n) is 3.75. The lowest BCUT2D eigenvalue weighted by Gasteiger charge is -2.03. The Morgan fingerprint density at radius 2 is 1.68 bits per heavy atom. The minimum atomic E-state index is 0.496. The van der Waals surface area contributed by atoms with Crippen LogP contribution in [0.15, 0.2) is 71.1 Å². The predicted molar refractivity (Wildman–Crippen MR) is 87.8 cm³/mol. The van der Waals surface area contributed by atoms with Crippen LogP contribution < -0.4 is 4.65 Å². The SMILES string of the molecule is O[B]Oc1cccc2c1oc1cccc(-c3ccccc3)c12. The molecule has 1 heterocycles. The average Bonchev–Trinajstić information content (AvgIpc) is 2.96. The number of rotatable bonds is 3. The highest BCUT2D eigenvalue weighted by molar-refractivity contribution is 6.19. The fraction of sp³-hybridized carbons (Fsp3) is 0. The third-order valence-corrected chi connectivity index (χ3v) is 3.75. The molecule has 0 saturated heterocycles. The lowest BCUT2D eigenvalue weighted by Crippen LogP contribution is -1.99. The first-order valence-electron chi connectivity index (χ1n) is 7.00. The van der Waals surface area contributed by atoms with Gasteiger partial charge in [-0.05, 0) is 23.3 Å². The Hall–Kier alpha value is -2.72. The number of para-hydroxylation sites is 1. The normalized spacial score (nSPS) is 11.0. The molecule has 4 heteroatoms. The summed E-state index contributed by atoms with van der Waals surface area (Å²) in [5, 5.41) is 10.9. The van der Waals surface area contributed by atoms with Crippen molar-refractivity contribution in [3.05, 3.63) is 66.7 Å². The van der Waals surface area contributed by atoms with E-state index in [0.29, 0.717) is 19.0 Å². The van der Waals surface area contributed by atoms with Gasteiger partial charge in [0.05, 0.1) is 0 Å². The number of benzene rings is 3. The molecule has 105 valence electrons. The first kappa shape index (κ1) is 13.0. The van der Waals surface area contributed by atoms with Gasteiger partial charge in [-0.3, -0.25) is 0 Å². The standard InChI is InChI=1S/C18H12BO3/c20-19-22-16-11-5-9-14-17-13(12-6-2-1-3-7-12)8-4-10-15(17)21-18(14)16/h1-11,20H. The van der Waals surface area contributed by atoms with Gasteiger partial charge in [-0.15, -0.1) is 0 Å². The van der Waals surface area contributed by atoms with Gasteiger partial charge < -0.3 is 14.1 Å². The summed E-state index contributed by atoms with van der Waals surface area (Å²) in [7, 11) is 0.667. The smallest absolute Gasteiger partial charge is 0.535 e. The van der Waals surface area contributed by atoms with Gasteiger partial charge in [-0.25, -0.2) is 0 Å². The summed E-state index contributed by atoms with van der Waals surface area (Å²) in [6.07, 6.45) is 0. The van der Waals surface area contributed by atoms with E-state index in [1.54, 1.807) is 6.07 Å². The van der Waals surface area contributed by atoms with Crippen molar-refractivity contribution in [3.63, 3.8) is 0 Å². The summed E-state index contributed by atoms with van der Waals surface area (Å²) >= 11 is 0. The first-order valence-corrected chi connectivity index (χ1v) is 7.00. The van der Waals surface area contributed by atoms with Crippen LogP contribution in [0.2, 0.25) is 0 Å². The Balaban J connectivity index is 2.08. The molecule has 1 aromatic heterocycles. The molecule has 3 nitrogen and oxygen atoms in total. The van der Waals surface area contributed by atoms with Crippen LogP contribution in [-0.2, 0) is 0 Å². The number of fused-ring (bicyclic) bond motifs is 3. The molecule has 0 saturated carbocycles. The van der Waals surface area contributed by atoms with E-state index in [-0.39, 0.29) is 0 Å². The molecule has 0 amide bonds. The fourth-order valence-electron chi connectivity index (χ4n) is 2.83. The minimum Gasteiger partial charge on any atom is -0.535 e. The van der Waals surface area contributed by atoms with Gasteiger partial charge >= 0.3 is 7.69 Å². The molecule has 4 aromatic rings. The molecule has 0 fully saturated rings. The second kappa shape index (κ2) is 5.24. The summed E-state index contributed by atoms with van der Waals surface area (Å²) < 4.78 is 11.1. The van der Waals surface area contributed by atoms with Crippen LogP contribution in [0, 0.1) is 0 Å². The molecule has 4 rings (SSSR count). The molecule has 0 bridgehead atoms. The maximum absolute atomic E-state index is 8.90. The van der Waals surface area contributed by atoms with E-state index in [1.165, 1.54) is 0 Å². The molecular formula is C18H12BO3. The van der Waals surface area contributed by atoms with Gasteiger partial charge in [-0.1, -0.05) is 54.6 Å². The van der Waals surface area contributed by atoms with Crippen molar-refractivity contribution in [2.75, 3.05) is 0 Å². The zero-order valence-corrected chi connectivity index (χ0v) is 11.7. The first-order chi connectivity index (χ1) is 10.9. The summed E-state index contributed by atoms with van der Waals surface area (Å²) in [4.78, 5) is 0. The Kier molecular flexibility index (Phi) is 3.09. The summed E-state index contributed by atoms with van der Waals surface area (Å²) in [5.74, 6) is 0.496. The van der Waals surface area contributed by atoms with E-state index in [0.717, 1.165) is 27.5 Å². The topological polar surface area (TPSA) is 42.6 Å². The van der Waals surface area contributed by atoms with E-state index < -0.39 is 0 Å². The van der Waals surface area contributed by atoms with Crippen molar-refractivity contribution in [2.24, 2.45) is 0 Å². The second-order valence-electron chi connectivity index (χ2n) is 5.00. The summed E-state index contributed by atoms with van der Waals surface area (Å²) in [6.45, 7) is 0. The van der Waals surface area contributed by atoms with Crippen LogP contribution in [0.5, 0.6) is 5.75 Å². The van der Waals surface area contributed by atoms with Crippen LogP contribution in [0.3, 0.4) is 0 Å². The highest BCUT2D eigenvalue weighted by Gasteiger charge is 2.15. The van der Waals surface area contributed by atoms with Crippen LogP contribution >= 0.6 is 0 Å². The van der Waals surface area contributed by atoms with E-state index in [2.05, 4.69) is 18.2 Å². The van der Waals surface area contributed by atoms with E-state index in [4.69, 9.17) is 14.1 Å². The van der Waals surface area contributed by atoms with Crippen molar-refractivity contribution >= 4 is 29.6 Å². The Bertz CT molecular complexity index is 945. The molecule has 0 atom stereocenters. The van der Waals surface area contributed by atoms with Gasteiger partial charge in [0, 0.05) is 10.8 Å². The van der Waals surface area contributed by atoms with E-state index in [9.17, 15) is 0 Å². The van der Waals surface area contributed by atoms with Gasteiger partial charge in [0.15, 0.2) is 5.58 Å². The predicted octanol–water partition coefficient (Wildman–Crippen LogP) is 4.16. The number of furan rings is 1. The van der Waals surface area contributed by atoms with Crippen molar-refractivity contribution in [3.8, 4) is 16.9 Å². The van der Waals surface area contributed by atoms with Gasteiger partial charge in [0.25, 0.3) is 0 Å². The van der Waals surface area contributed by atoms with E-state index >= 15 is 0 Å². The van der Waals surface area contributed by atoms with Gasteiger partial charge in [-0.2, -0.15) is 0 Å². The zero-order chi connectivity index (χ0) is 14.9. The Labute approximate surface area is 128 Å². The van der Waals surface area contributed by atoms with Crippen LogP contribution in [0.25, 0.3) is 33.1 Å². The molecule has 0 unspecified atom stereocenters. The molecule has 0 spiro atoms. The monoisotopic (exact) mass is 287 g/mol. The molecular weight excluding hydrogens is 275 g/mol. The van der Waals surface area contributed by atoms with Gasteiger partial charge in [0.2, 0.25) is 0 Å². The van der Waals surface area contributed by atoms with Crippen molar-refractivity contribution in [1.29, 1.82) is 0 Å². The molecule has 0 aliphatic heterocycles. The van der Waals surface area contributed by atoms with Crippen LogP contribution in [0.4, 0.5) is 0 Å². The van der Waals surface area contributed by atoms with Crippen molar-refractivity contribution in [1.82, 2.24) is 0 Å². The quantitative estimate of drug-likeness (QED) is 0.575. The third kappa shape index (κ3) is 1.97. The summed E-state index contributed by atoms with van der Waals surface area (Å²) in [6, 6.07) is 21.8. The molecule has 22 heavy (non-hydrogen) atoms. The average molecular weight is 287 g/mol. The lowest BCUT2D eigenvalue weighted by molar-refractivity contribution is 0.451. The highest BCUT2D eigenvalue weighted by Crippen LogP contribution is 2.39. The Morgan fingerprint density at radius 3 is 2.50 bits per heavy atom. The minimum absolute atomic E-state index is 0.496. The number of hydrogen-bond donors (Lipinski definition) is 1. The van der Waals surface area contributed by atoms with Crippen molar-refractivity contribution < 1.29 is 14.1 Å². The van der Waals surface area contributed by atoms with Gasteiger partial charge in [0.1, 0.15) is 11.3 Å². The highest BCUT2D eigenvalue weighted by atomic mass is 16.5. The Morgan fingerprint density at radius 1 is 0.864 bits per heavy atom. The largest absolute Gasteiger partial charge is 0.569 e. The fourth-order valence-corrected chi connectivity index (χ4v) is 2.83. The van der Waals surface area contributed by atoms with Crippen molar-refractivity contribution in [2.45, 2.75) is 0 Å². The molecule has 1 N–H and O–H groups in total. The van der Waals surface area contributed by atoms with Crippen LogP contribution in [-0.4, -0.2) is 12.7 Å². The van der Waals surface area contributed by atoms with E-state index in [1.807, 2.05) is 42.5 Å². The second-order valence-corrected chi connectivity index (χ2v) is 5.00. The molecule has 0 aliphatic carbocycles.